The van der Waals surface area contributed by atoms with Crippen molar-refractivity contribution in [2.45, 2.75) is 365 Å². The van der Waals surface area contributed by atoms with E-state index in [-0.39, 0.29) is 12.5 Å². The van der Waals surface area contributed by atoms with Gasteiger partial charge in [0.1, 0.15) is 24.4 Å². The van der Waals surface area contributed by atoms with Gasteiger partial charge in [0.25, 0.3) is 0 Å². The van der Waals surface area contributed by atoms with E-state index < -0.39 is 49.5 Å². The molecule has 0 spiro atoms. The number of rotatable bonds is 57. The quantitative estimate of drug-likeness (QED) is 0.0261. The molecule has 0 aliphatic carbocycles. The number of nitrogens with one attached hydrogen (secondary N) is 1. The fourth-order valence-electron chi connectivity index (χ4n) is 10.5. The maximum absolute atomic E-state index is 13.1. The summed E-state index contributed by atoms with van der Waals surface area (Å²) in [5.41, 5.74) is 0. The Morgan fingerprint density at radius 3 is 1.12 bits per heavy atom. The van der Waals surface area contributed by atoms with Gasteiger partial charge in [-0.1, -0.05) is 294 Å². The zero-order valence-electron chi connectivity index (χ0n) is 49.3. The molecule has 7 unspecified atom stereocenters. The highest BCUT2D eigenvalue weighted by Crippen LogP contribution is 2.23. The first-order valence-electron chi connectivity index (χ1n) is 32.7. The summed E-state index contributed by atoms with van der Waals surface area (Å²) in [5.74, 6) is -0.183. The molecule has 6 N–H and O–H groups in total. The average Bonchev–Trinajstić information content (AvgIpc) is 3.41. The van der Waals surface area contributed by atoms with Crippen molar-refractivity contribution in [3.05, 3.63) is 36.5 Å². The summed E-state index contributed by atoms with van der Waals surface area (Å²) in [6, 6.07) is -0.823. The van der Waals surface area contributed by atoms with Gasteiger partial charge in [-0.2, -0.15) is 0 Å². The standard InChI is InChI=1S/C66H125NO8/c1-3-5-7-9-11-13-15-17-19-21-23-25-27-28-29-30-31-32-34-35-37-39-41-43-45-47-49-51-53-55-60(69)59(58-74-66-65(73)64(72)63(71)61(57-68)75-66)67-62(70)56-54-52-50-48-46-44-42-40-38-36-33-26-24-22-20-18-16-14-12-10-8-6-4-2/h22,24,45,47,53,55,59-61,63-66,68-69,71-73H,3-21,23,25-44,46,48-52,54,56-58H2,1-2H3,(H,67,70)/b24-22-,47-45+,55-53+. The Labute approximate surface area is 463 Å². The van der Waals surface area contributed by atoms with Crippen molar-refractivity contribution < 1.29 is 39.8 Å². The molecule has 0 bridgehead atoms. The second kappa shape index (κ2) is 55.7. The lowest BCUT2D eigenvalue weighted by atomic mass is 9.99. The lowest BCUT2D eigenvalue weighted by Gasteiger charge is -2.40. The number of unbranched alkanes of at least 4 members (excludes halogenated alkanes) is 43. The molecule has 1 saturated heterocycles. The van der Waals surface area contributed by atoms with Crippen LogP contribution in [0.3, 0.4) is 0 Å². The summed E-state index contributed by atoms with van der Waals surface area (Å²) in [6.45, 7) is 3.81. The van der Waals surface area contributed by atoms with E-state index in [1.807, 2.05) is 6.08 Å². The largest absolute Gasteiger partial charge is 0.394 e. The Morgan fingerprint density at radius 1 is 0.440 bits per heavy atom. The van der Waals surface area contributed by atoms with E-state index in [2.05, 4.69) is 43.5 Å². The molecule has 0 aromatic heterocycles. The van der Waals surface area contributed by atoms with Crippen LogP contribution in [-0.2, 0) is 14.3 Å². The maximum Gasteiger partial charge on any atom is 0.220 e. The Morgan fingerprint density at radius 2 is 0.760 bits per heavy atom. The average molecular weight is 1060 g/mol. The Balaban J connectivity index is 2.18. The van der Waals surface area contributed by atoms with Gasteiger partial charge in [-0.15, -0.1) is 0 Å². The summed E-state index contributed by atoms with van der Waals surface area (Å²) in [4.78, 5) is 13.1. The fourth-order valence-corrected chi connectivity index (χ4v) is 10.5. The van der Waals surface area contributed by atoms with Crippen molar-refractivity contribution >= 4 is 5.91 Å². The van der Waals surface area contributed by atoms with Crippen LogP contribution in [0.4, 0.5) is 0 Å². The van der Waals surface area contributed by atoms with Gasteiger partial charge in [0.05, 0.1) is 25.4 Å². The summed E-state index contributed by atoms with van der Waals surface area (Å²) < 4.78 is 11.3. The molecule has 442 valence electrons. The van der Waals surface area contributed by atoms with Gasteiger partial charge in [0.15, 0.2) is 6.29 Å². The SMILES string of the molecule is CCCCCCCCCC/C=C\CCCCCCCCCCCCCC(=O)NC(COC1OC(CO)C(O)C(O)C1O)C(O)/C=C/CC/C=C/CCCCCCCCCCCCCCCCCCCCCCCCC. The van der Waals surface area contributed by atoms with E-state index >= 15 is 0 Å². The minimum absolute atomic E-state index is 0.183. The summed E-state index contributed by atoms with van der Waals surface area (Å²) in [5, 5.41) is 54.6. The number of hydrogen-bond donors (Lipinski definition) is 6. The second-order valence-corrected chi connectivity index (χ2v) is 22.9. The molecule has 1 aliphatic heterocycles. The number of carbonyl (C=O) groups excluding carboxylic acids is 1. The van der Waals surface area contributed by atoms with Gasteiger partial charge in [-0.25, -0.2) is 0 Å². The van der Waals surface area contributed by atoms with Crippen LogP contribution in [0.15, 0.2) is 36.5 Å². The zero-order chi connectivity index (χ0) is 54.3. The molecule has 75 heavy (non-hydrogen) atoms. The number of aliphatic hydroxyl groups excluding tert-OH is 5. The lowest BCUT2D eigenvalue weighted by Crippen LogP contribution is -2.60. The molecule has 1 heterocycles. The highest BCUT2D eigenvalue weighted by Gasteiger charge is 2.44. The van der Waals surface area contributed by atoms with Crippen LogP contribution in [0.5, 0.6) is 0 Å². The first kappa shape index (κ1) is 71.4. The van der Waals surface area contributed by atoms with E-state index in [9.17, 15) is 30.3 Å². The molecule has 0 aromatic carbocycles. The Hall–Kier alpha value is -1.59. The molecule has 7 atom stereocenters. The number of amides is 1. The normalized spacial score (nSPS) is 19.1. The van der Waals surface area contributed by atoms with E-state index in [1.165, 1.54) is 263 Å². The number of carbonyl (C=O) groups is 1. The predicted molar refractivity (Wildman–Crippen MR) is 318 cm³/mol. The van der Waals surface area contributed by atoms with Crippen LogP contribution in [0.1, 0.15) is 322 Å². The molecule has 0 aromatic rings. The Kier molecular flexibility index (Phi) is 53.1. The van der Waals surface area contributed by atoms with Crippen molar-refractivity contribution in [1.82, 2.24) is 5.32 Å². The molecule has 9 heteroatoms. The summed E-state index contributed by atoms with van der Waals surface area (Å²) in [7, 11) is 0. The monoisotopic (exact) mass is 1060 g/mol. The second-order valence-electron chi connectivity index (χ2n) is 22.9. The topological polar surface area (TPSA) is 149 Å². The fraction of sp³-hybridized carbons (Fsp3) is 0.894. The molecule has 1 amide bonds. The molecule has 1 fully saturated rings. The third kappa shape index (κ3) is 44.9. The van der Waals surface area contributed by atoms with E-state index in [0.29, 0.717) is 6.42 Å². The molecule has 1 rings (SSSR count). The molecule has 1 aliphatic rings. The van der Waals surface area contributed by atoms with Crippen LogP contribution in [0.25, 0.3) is 0 Å². The number of hydrogen-bond acceptors (Lipinski definition) is 8. The van der Waals surface area contributed by atoms with Crippen molar-refractivity contribution in [3.63, 3.8) is 0 Å². The molecule has 0 saturated carbocycles. The predicted octanol–water partition coefficient (Wildman–Crippen LogP) is 17.1. The lowest BCUT2D eigenvalue weighted by molar-refractivity contribution is -0.302. The third-order valence-corrected chi connectivity index (χ3v) is 15.7. The van der Waals surface area contributed by atoms with Crippen LogP contribution in [-0.4, -0.2) is 87.5 Å². The zero-order valence-corrected chi connectivity index (χ0v) is 49.3. The van der Waals surface area contributed by atoms with Gasteiger partial charge in [-0.3, -0.25) is 4.79 Å². The number of ether oxygens (including phenoxy) is 2. The van der Waals surface area contributed by atoms with Gasteiger partial charge >= 0.3 is 0 Å². The molecular formula is C66H125NO8. The first-order chi connectivity index (χ1) is 36.8. The molecule has 9 nitrogen and oxygen atoms in total. The van der Waals surface area contributed by atoms with E-state index in [1.54, 1.807) is 6.08 Å². The van der Waals surface area contributed by atoms with Gasteiger partial charge in [0, 0.05) is 6.42 Å². The van der Waals surface area contributed by atoms with Gasteiger partial charge < -0.3 is 40.3 Å². The summed E-state index contributed by atoms with van der Waals surface area (Å²) >= 11 is 0. The van der Waals surface area contributed by atoms with Crippen LogP contribution in [0, 0.1) is 0 Å². The number of aliphatic hydroxyl groups is 5. The van der Waals surface area contributed by atoms with Gasteiger partial charge in [-0.05, 0) is 57.8 Å². The van der Waals surface area contributed by atoms with Crippen molar-refractivity contribution in [2.75, 3.05) is 13.2 Å². The minimum atomic E-state index is -1.57. The van der Waals surface area contributed by atoms with Crippen molar-refractivity contribution in [3.8, 4) is 0 Å². The molecular weight excluding hydrogens is 935 g/mol. The first-order valence-corrected chi connectivity index (χ1v) is 32.7. The van der Waals surface area contributed by atoms with Crippen LogP contribution in [0.2, 0.25) is 0 Å². The maximum atomic E-state index is 13.1. The summed E-state index contributed by atoms with van der Waals surface area (Å²) in [6.07, 6.45) is 66.7. The number of allylic oxidation sites excluding steroid dienone is 5. The van der Waals surface area contributed by atoms with Crippen molar-refractivity contribution in [2.24, 2.45) is 0 Å². The van der Waals surface area contributed by atoms with E-state index in [0.717, 1.165) is 38.5 Å². The highest BCUT2D eigenvalue weighted by atomic mass is 16.7. The van der Waals surface area contributed by atoms with Crippen molar-refractivity contribution in [1.29, 1.82) is 0 Å². The van der Waals surface area contributed by atoms with Crippen LogP contribution < -0.4 is 5.32 Å². The van der Waals surface area contributed by atoms with Crippen LogP contribution >= 0.6 is 0 Å². The van der Waals surface area contributed by atoms with E-state index in [4.69, 9.17) is 9.47 Å². The molecule has 0 radical (unpaired) electrons. The Bertz CT molecular complexity index is 1270. The third-order valence-electron chi connectivity index (χ3n) is 15.7. The van der Waals surface area contributed by atoms with Gasteiger partial charge in [0.2, 0.25) is 5.91 Å². The smallest absolute Gasteiger partial charge is 0.220 e. The highest BCUT2D eigenvalue weighted by molar-refractivity contribution is 5.76. The minimum Gasteiger partial charge on any atom is -0.394 e.